The van der Waals surface area contributed by atoms with Crippen LogP contribution in [0.15, 0.2) is 52.4 Å². The zero-order valence-corrected chi connectivity index (χ0v) is 10.4. The van der Waals surface area contributed by atoms with Crippen LogP contribution in [-0.4, -0.2) is 19.3 Å². The summed E-state index contributed by atoms with van der Waals surface area (Å²) in [5, 5.41) is 0. The number of halogens is 1. The third-order valence-electron chi connectivity index (χ3n) is 2.41. The Kier molecular flexibility index (Phi) is 3.30. The molecule has 0 saturated heterocycles. The molecule has 2 N–H and O–H groups in total. The van der Waals surface area contributed by atoms with Gasteiger partial charge in [0.2, 0.25) is 9.84 Å². The lowest BCUT2D eigenvalue weighted by Crippen LogP contribution is -2.13. The van der Waals surface area contributed by atoms with Crippen LogP contribution in [0, 0.1) is 5.82 Å². The summed E-state index contributed by atoms with van der Waals surface area (Å²) in [4.78, 5) is 14.2. The number of benzene rings is 1. The van der Waals surface area contributed by atoms with E-state index >= 15 is 0 Å². The average molecular weight is 280 g/mol. The van der Waals surface area contributed by atoms with E-state index in [4.69, 9.17) is 5.73 Å². The molecule has 5 nitrogen and oxygen atoms in total. The number of sulfone groups is 1. The predicted molar refractivity (Wildman–Crippen MR) is 64.6 cm³/mol. The topological polar surface area (TPSA) is 90.1 Å². The zero-order chi connectivity index (χ0) is 14.0. The minimum absolute atomic E-state index is 0.0433. The summed E-state index contributed by atoms with van der Waals surface area (Å²) in [7, 11) is -3.86. The molecule has 0 spiro atoms. The fraction of sp³-hybridized carbons (Fsp3) is 0. The molecule has 1 aromatic heterocycles. The smallest absolute Gasteiger partial charge is 0.267 e. The summed E-state index contributed by atoms with van der Waals surface area (Å²) in [6, 6.07) is 7.04. The predicted octanol–water partition coefficient (Wildman–Crippen LogP) is 1.15. The Morgan fingerprint density at radius 3 is 2.42 bits per heavy atom. The SMILES string of the molecule is NC(=O)c1ccc(S(=O)(=O)c2cccc(F)c2)cn1. The number of carbonyl (C=O) groups excluding carboxylic acids is 1. The second kappa shape index (κ2) is 4.77. The molecule has 2 rings (SSSR count). The molecule has 0 aliphatic heterocycles. The van der Waals surface area contributed by atoms with Crippen LogP contribution in [0.25, 0.3) is 0 Å². The van der Waals surface area contributed by atoms with Crippen molar-refractivity contribution in [2.75, 3.05) is 0 Å². The number of nitrogens with two attached hydrogens (primary N) is 1. The maximum absolute atomic E-state index is 13.0. The number of pyridine rings is 1. The Bertz CT molecular complexity index is 727. The first-order valence-corrected chi connectivity index (χ1v) is 6.66. The van der Waals surface area contributed by atoms with Crippen LogP contribution in [0.3, 0.4) is 0 Å². The third kappa shape index (κ3) is 2.60. The van der Waals surface area contributed by atoms with Crippen molar-refractivity contribution in [3.63, 3.8) is 0 Å². The number of nitrogens with zero attached hydrogens (tertiary/aromatic N) is 1. The van der Waals surface area contributed by atoms with Gasteiger partial charge in [0, 0.05) is 6.20 Å². The lowest BCUT2D eigenvalue weighted by Gasteiger charge is -2.04. The molecule has 2 aromatic rings. The van der Waals surface area contributed by atoms with Crippen molar-refractivity contribution >= 4 is 15.7 Å². The minimum Gasteiger partial charge on any atom is -0.364 e. The van der Waals surface area contributed by atoms with Crippen molar-refractivity contribution in [2.24, 2.45) is 5.73 Å². The van der Waals surface area contributed by atoms with E-state index in [0.717, 1.165) is 18.3 Å². The molecule has 1 heterocycles. The Hall–Kier alpha value is -2.28. The summed E-state index contributed by atoms with van der Waals surface area (Å²) >= 11 is 0. The second-order valence-corrected chi connectivity index (χ2v) is 5.65. The largest absolute Gasteiger partial charge is 0.364 e. The highest BCUT2D eigenvalue weighted by atomic mass is 32.2. The van der Waals surface area contributed by atoms with E-state index in [-0.39, 0.29) is 15.5 Å². The van der Waals surface area contributed by atoms with Gasteiger partial charge in [0.1, 0.15) is 11.5 Å². The third-order valence-corrected chi connectivity index (χ3v) is 4.14. The highest BCUT2D eigenvalue weighted by Gasteiger charge is 2.19. The van der Waals surface area contributed by atoms with Gasteiger partial charge < -0.3 is 5.73 Å². The molecule has 0 saturated carbocycles. The van der Waals surface area contributed by atoms with Gasteiger partial charge >= 0.3 is 0 Å². The van der Waals surface area contributed by atoms with E-state index in [1.165, 1.54) is 24.3 Å². The minimum atomic E-state index is -3.86. The van der Waals surface area contributed by atoms with Crippen LogP contribution in [0.4, 0.5) is 4.39 Å². The van der Waals surface area contributed by atoms with Gasteiger partial charge in [-0.2, -0.15) is 0 Å². The van der Waals surface area contributed by atoms with Gasteiger partial charge in [-0.15, -0.1) is 0 Å². The average Bonchev–Trinajstić information content (AvgIpc) is 2.39. The summed E-state index contributed by atoms with van der Waals surface area (Å²) in [5.41, 5.74) is 4.96. The van der Waals surface area contributed by atoms with Crippen molar-refractivity contribution in [2.45, 2.75) is 9.79 Å². The number of hydrogen-bond donors (Lipinski definition) is 1. The molecule has 0 bridgehead atoms. The quantitative estimate of drug-likeness (QED) is 0.913. The zero-order valence-electron chi connectivity index (χ0n) is 9.58. The normalized spacial score (nSPS) is 11.2. The van der Waals surface area contributed by atoms with E-state index in [0.29, 0.717) is 0 Å². The Balaban J connectivity index is 2.48. The first-order chi connectivity index (χ1) is 8.91. The molecule has 7 heteroatoms. The Labute approximate surface area is 108 Å². The van der Waals surface area contributed by atoms with Gasteiger partial charge in [-0.1, -0.05) is 6.07 Å². The van der Waals surface area contributed by atoms with Gasteiger partial charge in [0.15, 0.2) is 0 Å². The summed E-state index contributed by atoms with van der Waals surface area (Å²) in [6.45, 7) is 0. The van der Waals surface area contributed by atoms with Gasteiger partial charge in [0.05, 0.1) is 9.79 Å². The maximum atomic E-state index is 13.0. The lowest BCUT2D eigenvalue weighted by atomic mass is 10.3. The van der Waals surface area contributed by atoms with Crippen LogP contribution in [0.2, 0.25) is 0 Å². The molecule has 19 heavy (non-hydrogen) atoms. The fourth-order valence-corrected chi connectivity index (χ4v) is 2.69. The van der Waals surface area contributed by atoms with Crippen LogP contribution in [0.1, 0.15) is 10.5 Å². The van der Waals surface area contributed by atoms with Crippen molar-refractivity contribution in [3.8, 4) is 0 Å². The Morgan fingerprint density at radius 2 is 1.89 bits per heavy atom. The summed E-state index contributed by atoms with van der Waals surface area (Å²) in [5.74, 6) is -1.41. The van der Waals surface area contributed by atoms with Crippen molar-refractivity contribution in [3.05, 3.63) is 54.1 Å². The second-order valence-electron chi connectivity index (χ2n) is 3.70. The molecule has 0 unspecified atom stereocenters. The van der Waals surface area contributed by atoms with E-state index in [9.17, 15) is 17.6 Å². The highest BCUT2D eigenvalue weighted by molar-refractivity contribution is 7.91. The van der Waals surface area contributed by atoms with E-state index in [1.54, 1.807) is 0 Å². The number of rotatable bonds is 3. The van der Waals surface area contributed by atoms with E-state index in [1.807, 2.05) is 0 Å². The van der Waals surface area contributed by atoms with Crippen molar-refractivity contribution in [1.29, 1.82) is 0 Å². The monoisotopic (exact) mass is 280 g/mol. The summed E-state index contributed by atoms with van der Waals surface area (Å²) < 4.78 is 37.3. The molecular weight excluding hydrogens is 271 g/mol. The standard InChI is InChI=1S/C12H9FN2O3S/c13-8-2-1-3-9(6-8)19(17,18)10-4-5-11(12(14)16)15-7-10/h1-7H,(H2,14,16). The lowest BCUT2D eigenvalue weighted by molar-refractivity contribution is 0.0995. The highest BCUT2D eigenvalue weighted by Crippen LogP contribution is 2.20. The first-order valence-electron chi connectivity index (χ1n) is 5.18. The molecule has 0 aliphatic rings. The molecule has 98 valence electrons. The molecular formula is C12H9FN2O3S. The molecule has 0 radical (unpaired) electrons. The molecule has 1 aromatic carbocycles. The molecule has 0 atom stereocenters. The Morgan fingerprint density at radius 1 is 1.16 bits per heavy atom. The molecule has 0 fully saturated rings. The molecule has 0 aliphatic carbocycles. The van der Waals surface area contributed by atoms with Crippen LogP contribution < -0.4 is 5.73 Å². The van der Waals surface area contributed by atoms with Crippen molar-refractivity contribution in [1.82, 2.24) is 4.98 Å². The maximum Gasteiger partial charge on any atom is 0.267 e. The van der Waals surface area contributed by atoms with Crippen molar-refractivity contribution < 1.29 is 17.6 Å². The van der Waals surface area contributed by atoms with Crippen LogP contribution in [-0.2, 0) is 9.84 Å². The van der Waals surface area contributed by atoms with E-state index < -0.39 is 21.6 Å². The van der Waals surface area contributed by atoms with Crippen LogP contribution >= 0.6 is 0 Å². The summed E-state index contributed by atoms with van der Waals surface area (Å²) in [6.07, 6.45) is 1.01. The number of primary amides is 1. The fourth-order valence-electron chi connectivity index (χ4n) is 1.46. The molecule has 1 amide bonds. The number of carbonyl (C=O) groups is 1. The van der Waals surface area contributed by atoms with Crippen LogP contribution in [0.5, 0.6) is 0 Å². The number of amides is 1. The van der Waals surface area contributed by atoms with Gasteiger partial charge in [0.25, 0.3) is 5.91 Å². The first kappa shape index (κ1) is 13.2. The van der Waals surface area contributed by atoms with Gasteiger partial charge in [-0.3, -0.25) is 4.79 Å². The van der Waals surface area contributed by atoms with Gasteiger partial charge in [-0.25, -0.2) is 17.8 Å². The number of hydrogen-bond acceptors (Lipinski definition) is 4. The van der Waals surface area contributed by atoms with E-state index in [2.05, 4.69) is 4.98 Å². The van der Waals surface area contributed by atoms with Gasteiger partial charge in [-0.05, 0) is 30.3 Å². The number of aromatic nitrogens is 1.